The van der Waals surface area contributed by atoms with Crippen molar-refractivity contribution in [2.45, 2.75) is 19.4 Å². The van der Waals surface area contributed by atoms with Gasteiger partial charge in [-0.3, -0.25) is 0 Å². The summed E-state index contributed by atoms with van der Waals surface area (Å²) >= 11 is 3.22. The van der Waals surface area contributed by atoms with Crippen LogP contribution in [-0.4, -0.2) is 37.1 Å². The Morgan fingerprint density at radius 2 is 2.35 bits per heavy atom. The van der Waals surface area contributed by atoms with Crippen LogP contribution in [0.2, 0.25) is 0 Å². The molecule has 0 spiro atoms. The molecule has 94 valence electrons. The van der Waals surface area contributed by atoms with Crippen molar-refractivity contribution in [3.63, 3.8) is 0 Å². The molecule has 0 aliphatic carbocycles. The number of hydrogen-bond donors (Lipinski definition) is 1. The van der Waals surface area contributed by atoms with Crippen molar-refractivity contribution in [1.82, 2.24) is 10.2 Å². The fourth-order valence-corrected chi connectivity index (χ4v) is 2.62. The second-order valence-electron chi connectivity index (χ2n) is 4.65. The first-order valence-corrected chi connectivity index (χ1v) is 6.84. The maximum Gasteiger partial charge on any atom is 0.137 e. The van der Waals surface area contributed by atoms with Crippen LogP contribution in [0.5, 0.6) is 0 Å². The monoisotopic (exact) mass is 300 g/mol. The SMILES string of the molecule is CC1CN(CCc2ccc(F)c(Br)c2)CCN1. The summed E-state index contributed by atoms with van der Waals surface area (Å²) < 4.78 is 13.6. The van der Waals surface area contributed by atoms with Gasteiger partial charge in [-0.1, -0.05) is 6.07 Å². The average molecular weight is 301 g/mol. The molecule has 1 N–H and O–H groups in total. The van der Waals surface area contributed by atoms with Crippen LogP contribution in [0.1, 0.15) is 12.5 Å². The van der Waals surface area contributed by atoms with Crippen molar-refractivity contribution in [3.8, 4) is 0 Å². The van der Waals surface area contributed by atoms with E-state index < -0.39 is 0 Å². The second-order valence-corrected chi connectivity index (χ2v) is 5.51. The summed E-state index contributed by atoms with van der Waals surface area (Å²) in [5, 5.41) is 3.43. The number of nitrogens with one attached hydrogen (secondary N) is 1. The largest absolute Gasteiger partial charge is 0.312 e. The van der Waals surface area contributed by atoms with Crippen molar-refractivity contribution in [2.24, 2.45) is 0 Å². The molecule has 1 aromatic carbocycles. The Kier molecular flexibility index (Phi) is 4.54. The molecule has 1 saturated heterocycles. The number of halogens is 2. The smallest absolute Gasteiger partial charge is 0.137 e. The topological polar surface area (TPSA) is 15.3 Å². The normalized spacial score (nSPS) is 21.7. The van der Waals surface area contributed by atoms with E-state index in [4.69, 9.17) is 0 Å². The third-order valence-corrected chi connectivity index (χ3v) is 3.76. The number of piperazine rings is 1. The Labute approximate surface area is 110 Å². The van der Waals surface area contributed by atoms with Crippen LogP contribution < -0.4 is 5.32 Å². The van der Waals surface area contributed by atoms with E-state index in [0.717, 1.165) is 32.6 Å². The van der Waals surface area contributed by atoms with E-state index in [1.54, 1.807) is 0 Å². The van der Waals surface area contributed by atoms with Gasteiger partial charge in [-0.15, -0.1) is 0 Å². The number of benzene rings is 1. The Morgan fingerprint density at radius 1 is 1.53 bits per heavy atom. The highest BCUT2D eigenvalue weighted by molar-refractivity contribution is 9.10. The van der Waals surface area contributed by atoms with Gasteiger partial charge < -0.3 is 10.2 Å². The van der Waals surface area contributed by atoms with Gasteiger partial charge in [0.25, 0.3) is 0 Å². The van der Waals surface area contributed by atoms with E-state index in [1.165, 1.54) is 11.6 Å². The van der Waals surface area contributed by atoms with Crippen molar-refractivity contribution in [1.29, 1.82) is 0 Å². The van der Waals surface area contributed by atoms with Gasteiger partial charge in [0.1, 0.15) is 5.82 Å². The van der Waals surface area contributed by atoms with Gasteiger partial charge in [0, 0.05) is 32.2 Å². The van der Waals surface area contributed by atoms with Gasteiger partial charge in [-0.05, 0) is 47.0 Å². The lowest BCUT2D eigenvalue weighted by molar-refractivity contribution is 0.209. The van der Waals surface area contributed by atoms with Gasteiger partial charge >= 0.3 is 0 Å². The summed E-state index contributed by atoms with van der Waals surface area (Å²) in [6.07, 6.45) is 0.978. The van der Waals surface area contributed by atoms with Crippen LogP contribution in [0, 0.1) is 5.82 Å². The first-order chi connectivity index (χ1) is 8.15. The predicted octanol–water partition coefficient (Wildman–Crippen LogP) is 2.42. The molecule has 0 bridgehead atoms. The standard InChI is InChI=1S/C13H18BrFN2/c1-10-9-17(7-5-16-10)6-4-11-2-3-13(15)12(14)8-11/h2-3,8,10,16H,4-7,9H2,1H3. The molecule has 1 aliphatic rings. The van der Waals surface area contributed by atoms with Crippen LogP contribution in [-0.2, 0) is 6.42 Å². The summed E-state index contributed by atoms with van der Waals surface area (Å²) in [4.78, 5) is 2.46. The quantitative estimate of drug-likeness (QED) is 0.922. The van der Waals surface area contributed by atoms with Crippen molar-refractivity contribution in [3.05, 3.63) is 34.1 Å². The first-order valence-electron chi connectivity index (χ1n) is 6.05. The van der Waals surface area contributed by atoms with Gasteiger partial charge in [0.2, 0.25) is 0 Å². The summed E-state index contributed by atoms with van der Waals surface area (Å²) in [6.45, 7) is 6.52. The highest BCUT2D eigenvalue weighted by Gasteiger charge is 2.14. The minimum absolute atomic E-state index is 0.190. The lowest BCUT2D eigenvalue weighted by Crippen LogP contribution is -2.49. The molecule has 0 saturated carbocycles. The Morgan fingerprint density at radius 3 is 3.06 bits per heavy atom. The summed E-state index contributed by atoms with van der Waals surface area (Å²) in [5.41, 5.74) is 1.18. The molecule has 1 unspecified atom stereocenters. The van der Waals surface area contributed by atoms with Crippen LogP contribution in [0.25, 0.3) is 0 Å². The first kappa shape index (κ1) is 13.0. The van der Waals surface area contributed by atoms with Crippen LogP contribution in [0.4, 0.5) is 4.39 Å². The van der Waals surface area contributed by atoms with Gasteiger partial charge in [-0.2, -0.15) is 0 Å². The molecule has 1 atom stereocenters. The molecule has 0 amide bonds. The Balaban J connectivity index is 1.86. The molecule has 0 radical (unpaired) electrons. The molecule has 1 aliphatic heterocycles. The third-order valence-electron chi connectivity index (χ3n) is 3.15. The highest BCUT2D eigenvalue weighted by Crippen LogP contribution is 2.17. The number of rotatable bonds is 3. The molecule has 1 fully saturated rings. The van der Waals surface area contributed by atoms with E-state index in [-0.39, 0.29) is 5.82 Å². The minimum atomic E-state index is -0.190. The predicted molar refractivity (Wildman–Crippen MR) is 71.7 cm³/mol. The van der Waals surface area contributed by atoms with Crippen molar-refractivity contribution < 1.29 is 4.39 Å². The molecule has 17 heavy (non-hydrogen) atoms. The van der Waals surface area contributed by atoms with Gasteiger partial charge in [-0.25, -0.2) is 4.39 Å². The van der Waals surface area contributed by atoms with Crippen molar-refractivity contribution in [2.75, 3.05) is 26.2 Å². The molecule has 2 rings (SSSR count). The zero-order valence-corrected chi connectivity index (χ0v) is 11.6. The summed E-state index contributed by atoms with van der Waals surface area (Å²) in [7, 11) is 0. The molecule has 1 aromatic rings. The molecule has 4 heteroatoms. The molecule has 1 heterocycles. The fourth-order valence-electron chi connectivity index (χ4n) is 2.20. The van der Waals surface area contributed by atoms with Crippen molar-refractivity contribution >= 4 is 15.9 Å². The second kappa shape index (κ2) is 5.94. The van der Waals surface area contributed by atoms with E-state index in [1.807, 2.05) is 12.1 Å². The van der Waals surface area contributed by atoms with Crippen LogP contribution in [0.3, 0.4) is 0 Å². The highest BCUT2D eigenvalue weighted by atomic mass is 79.9. The lowest BCUT2D eigenvalue weighted by Gasteiger charge is -2.31. The average Bonchev–Trinajstić information content (AvgIpc) is 2.31. The minimum Gasteiger partial charge on any atom is -0.312 e. The maximum atomic E-state index is 13.1. The summed E-state index contributed by atoms with van der Waals surface area (Å²) in [6, 6.07) is 5.84. The fraction of sp³-hybridized carbons (Fsp3) is 0.538. The molecule has 2 nitrogen and oxygen atoms in total. The Hall–Kier alpha value is -0.450. The van der Waals surface area contributed by atoms with E-state index in [0.29, 0.717) is 10.5 Å². The molecular weight excluding hydrogens is 283 g/mol. The molecule has 0 aromatic heterocycles. The van der Waals surface area contributed by atoms with E-state index in [2.05, 4.69) is 33.1 Å². The molecular formula is C13H18BrFN2. The van der Waals surface area contributed by atoms with Crippen LogP contribution in [0.15, 0.2) is 22.7 Å². The van der Waals surface area contributed by atoms with Gasteiger partial charge in [0.15, 0.2) is 0 Å². The van der Waals surface area contributed by atoms with Crippen LogP contribution >= 0.6 is 15.9 Å². The zero-order valence-electron chi connectivity index (χ0n) is 10.0. The van der Waals surface area contributed by atoms with E-state index in [9.17, 15) is 4.39 Å². The Bertz CT molecular complexity index is 384. The third kappa shape index (κ3) is 3.76. The van der Waals surface area contributed by atoms with Gasteiger partial charge in [0.05, 0.1) is 4.47 Å². The lowest BCUT2D eigenvalue weighted by atomic mass is 10.1. The van der Waals surface area contributed by atoms with E-state index >= 15 is 0 Å². The maximum absolute atomic E-state index is 13.1. The number of hydrogen-bond acceptors (Lipinski definition) is 2. The number of nitrogens with zero attached hydrogens (tertiary/aromatic N) is 1. The zero-order chi connectivity index (χ0) is 12.3. The summed E-state index contributed by atoms with van der Waals surface area (Å²) in [5.74, 6) is -0.190.